The molecule has 59 heavy (non-hydrogen) atoms. The number of phenols is 2. The Kier molecular flexibility index (Phi) is 17.5. The van der Waals surface area contributed by atoms with Gasteiger partial charge >= 0.3 is 0 Å². The molecule has 324 valence electrons. The molecular weight excluding hydrogens is 775 g/mol. The third-order valence-corrected chi connectivity index (χ3v) is 16.7. The molecule has 4 aromatic rings. The molecule has 4 aromatic carbocycles. The normalized spacial score (nSPS) is 13.6. The van der Waals surface area contributed by atoms with Crippen molar-refractivity contribution < 1.29 is 27.8 Å². The van der Waals surface area contributed by atoms with Crippen LogP contribution in [0, 0.1) is 0 Å². The summed E-state index contributed by atoms with van der Waals surface area (Å²) >= 11 is 0. The van der Waals surface area contributed by atoms with E-state index < -0.39 is 18.3 Å². The van der Waals surface area contributed by atoms with Crippen LogP contribution in [0.2, 0.25) is 18.1 Å². The van der Waals surface area contributed by atoms with Crippen molar-refractivity contribution >= 4 is 24.0 Å². The molecule has 4 rings (SSSR count). The molecule has 11 heteroatoms. The molecule has 0 aromatic heterocycles. The van der Waals surface area contributed by atoms with Crippen LogP contribution < -0.4 is 14.8 Å². The largest absolute Gasteiger partial charge is 0.508 e. The number of aryl methyl sites for hydroxylation is 1. The summed E-state index contributed by atoms with van der Waals surface area (Å²) in [5.74, 6) is 1.19. The molecule has 0 aliphatic rings. The zero-order valence-corrected chi connectivity index (χ0v) is 39.0. The first-order chi connectivity index (χ1) is 27.7. The summed E-state index contributed by atoms with van der Waals surface area (Å²) in [6.45, 7) is 22.8. The number of benzene rings is 4. The molecule has 9 nitrogen and oxygen atoms in total. The molecule has 0 bridgehead atoms. The number of anilines is 1. The third-order valence-electron chi connectivity index (χ3n) is 11.6. The van der Waals surface area contributed by atoms with Crippen LogP contribution in [0.5, 0.6) is 17.2 Å². The van der Waals surface area contributed by atoms with Crippen LogP contribution in [0.25, 0.3) is 0 Å². The fraction of sp³-hybridized carbons (Fsp3) is 0.500. The molecule has 0 aliphatic carbocycles. The lowest BCUT2D eigenvalue weighted by Gasteiger charge is -2.39. The minimum absolute atomic E-state index is 0.0212. The van der Waals surface area contributed by atoms with Crippen molar-refractivity contribution in [2.75, 3.05) is 37.2 Å². The summed E-state index contributed by atoms with van der Waals surface area (Å²) in [4.78, 5) is 2.52. The average molecular weight is 846 g/mol. The van der Waals surface area contributed by atoms with Crippen molar-refractivity contribution in [1.29, 1.82) is 0 Å². The minimum Gasteiger partial charge on any atom is -0.508 e. The second-order valence-corrected chi connectivity index (χ2v) is 24.5. The van der Waals surface area contributed by atoms with Gasteiger partial charge in [-0.1, -0.05) is 81.4 Å². The maximum atomic E-state index is 11.9. The van der Waals surface area contributed by atoms with Gasteiger partial charge in [-0.15, -0.1) is 0 Å². The molecule has 0 saturated heterocycles. The van der Waals surface area contributed by atoms with Gasteiger partial charge in [0, 0.05) is 30.1 Å². The predicted molar refractivity (Wildman–Crippen MR) is 247 cm³/mol. The van der Waals surface area contributed by atoms with E-state index in [0.717, 1.165) is 68.3 Å². The number of sulfonamides is 1. The van der Waals surface area contributed by atoms with Gasteiger partial charge in [-0.2, -0.15) is 0 Å². The van der Waals surface area contributed by atoms with Crippen LogP contribution in [0.1, 0.15) is 108 Å². The summed E-state index contributed by atoms with van der Waals surface area (Å²) in [6.07, 6.45) is 5.31. The Labute approximate surface area is 356 Å². The molecule has 0 aliphatic heterocycles. The van der Waals surface area contributed by atoms with E-state index in [1.807, 2.05) is 30.3 Å². The Morgan fingerprint density at radius 1 is 0.780 bits per heavy atom. The van der Waals surface area contributed by atoms with Crippen molar-refractivity contribution in [3.05, 3.63) is 119 Å². The van der Waals surface area contributed by atoms with Crippen molar-refractivity contribution in [3.63, 3.8) is 0 Å². The second kappa shape index (κ2) is 21.6. The van der Waals surface area contributed by atoms with Crippen LogP contribution >= 0.6 is 0 Å². The molecule has 0 saturated carbocycles. The fourth-order valence-corrected chi connectivity index (χ4v) is 9.10. The minimum atomic E-state index is -3.57. The first-order valence-corrected chi connectivity index (χ1v) is 26.1. The Bertz CT molecular complexity index is 1990. The van der Waals surface area contributed by atoms with Crippen molar-refractivity contribution in [2.24, 2.45) is 0 Å². The van der Waals surface area contributed by atoms with Gasteiger partial charge in [0.15, 0.2) is 8.32 Å². The lowest BCUT2D eigenvalue weighted by molar-refractivity contribution is 0.170. The SMILES string of the molecule is CC(C)N(CCC(c1ccccc1)c1cc(CCCCOc2ccc(CCNCC(O[Si](C)(C)C(C)(C)C)c3ccc(O)c(NS(C)(=O)=O)c3)cc2)ccc1O)C(C)C. The van der Waals surface area contributed by atoms with E-state index in [4.69, 9.17) is 9.16 Å². The summed E-state index contributed by atoms with van der Waals surface area (Å²) in [7, 11) is -5.76. The van der Waals surface area contributed by atoms with Gasteiger partial charge in [-0.3, -0.25) is 9.62 Å². The van der Waals surface area contributed by atoms with Gasteiger partial charge in [-0.25, -0.2) is 8.42 Å². The van der Waals surface area contributed by atoms with Gasteiger partial charge in [-0.05, 0) is 144 Å². The quantitative estimate of drug-likeness (QED) is 0.0331. The van der Waals surface area contributed by atoms with Crippen molar-refractivity contribution in [3.8, 4) is 17.2 Å². The van der Waals surface area contributed by atoms with E-state index in [1.54, 1.807) is 12.1 Å². The topological polar surface area (TPSA) is 120 Å². The van der Waals surface area contributed by atoms with Crippen LogP contribution in [0.15, 0.2) is 91.0 Å². The molecule has 2 unspecified atom stereocenters. The maximum Gasteiger partial charge on any atom is 0.229 e. The van der Waals surface area contributed by atoms with Crippen molar-refractivity contribution in [1.82, 2.24) is 10.2 Å². The zero-order chi connectivity index (χ0) is 43.4. The van der Waals surface area contributed by atoms with Crippen LogP contribution in [-0.4, -0.2) is 76.4 Å². The highest BCUT2D eigenvalue weighted by molar-refractivity contribution is 7.92. The summed E-state index contributed by atoms with van der Waals surface area (Å²) in [5, 5.41) is 24.9. The number of hydrogen-bond acceptors (Lipinski definition) is 8. The molecule has 4 N–H and O–H groups in total. The number of nitrogens with one attached hydrogen (secondary N) is 2. The number of ether oxygens (including phenoxy) is 1. The first kappa shape index (κ1) is 47.8. The van der Waals surface area contributed by atoms with Gasteiger partial charge in [0.2, 0.25) is 10.0 Å². The molecule has 0 fully saturated rings. The summed E-state index contributed by atoms with van der Waals surface area (Å²) < 4.78 is 39.2. The Hall–Kier alpha value is -3.87. The molecule has 2 atom stereocenters. The number of nitrogens with zero attached hydrogens (tertiary/aromatic N) is 1. The van der Waals surface area contributed by atoms with E-state index in [0.29, 0.717) is 31.0 Å². The van der Waals surface area contributed by atoms with E-state index in [1.165, 1.54) is 22.8 Å². The molecule has 0 heterocycles. The van der Waals surface area contributed by atoms with E-state index in [2.05, 4.69) is 119 Å². The van der Waals surface area contributed by atoms with Gasteiger partial charge in [0.25, 0.3) is 0 Å². The van der Waals surface area contributed by atoms with Crippen LogP contribution in [-0.2, 0) is 27.3 Å². The molecule has 0 amide bonds. The molecular formula is C48H71N3O6SSi. The van der Waals surface area contributed by atoms with Crippen molar-refractivity contribution in [2.45, 2.75) is 123 Å². The number of unbranched alkanes of at least 4 members (excludes halogenated alkanes) is 1. The van der Waals surface area contributed by atoms with Crippen LogP contribution in [0.3, 0.4) is 0 Å². The van der Waals surface area contributed by atoms with Gasteiger partial charge in [0.1, 0.15) is 17.2 Å². The Morgan fingerprint density at radius 3 is 2.05 bits per heavy atom. The highest BCUT2D eigenvalue weighted by Gasteiger charge is 2.39. The third kappa shape index (κ3) is 15.0. The predicted octanol–water partition coefficient (Wildman–Crippen LogP) is 10.4. The standard InChI is InChI=1S/C48H71N3O6SSi/c1-35(2)51(36(3)4)30-28-42(39-17-12-11-13-18-39)43-32-38(21-25-45(43)52)16-14-15-31-56-41-23-19-37(20-24-41)27-29-49-34-47(57-59(9,10)48(5,6)7)40-22-26-46(53)44(33-40)50-58(8,54)55/h11-13,17-26,32-33,35-36,42,47,49-50,52-53H,14-16,27-31,34H2,1-10H3. The Balaban J connectivity index is 1.28. The maximum absolute atomic E-state index is 11.9. The number of phenolic OH excluding ortho intramolecular Hbond substituents is 2. The van der Waals surface area contributed by atoms with E-state index in [-0.39, 0.29) is 28.5 Å². The summed E-state index contributed by atoms with van der Waals surface area (Å²) in [6, 6.07) is 30.8. The highest BCUT2D eigenvalue weighted by Crippen LogP contribution is 2.41. The monoisotopic (exact) mass is 845 g/mol. The van der Waals surface area contributed by atoms with Gasteiger partial charge in [0.05, 0.1) is 24.7 Å². The molecule has 0 spiro atoms. The smallest absolute Gasteiger partial charge is 0.229 e. The van der Waals surface area contributed by atoms with Gasteiger partial charge < -0.3 is 24.7 Å². The highest BCUT2D eigenvalue weighted by atomic mass is 32.2. The fourth-order valence-electron chi connectivity index (χ4n) is 7.25. The average Bonchev–Trinajstić information content (AvgIpc) is 3.15. The number of rotatable bonds is 23. The van der Waals surface area contributed by atoms with E-state index >= 15 is 0 Å². The van der Waals surface area contributed by atoms with Crippen LogP contribution in [0.4, 0.5) is 5.69 Å². The second-order valence-electron chi connectivity index (χ2n) is 18.0. The Morgan fingerprint density at radius 2 is 1.42 bits per heavy atom. The zero-order valence-electron chi connectivity index (χ0n) is 37.2. The first-order valence-electron chi connectivity index (χ1n) is 21.3. The lowest BCUT2D eigenvalue weighted by Crippen LogP contribution is -2.43. The molecule has 0 radical (unpaired) electrons. The van der Waals surface area contributed by atoms with E-state index in [9.17, 15) is 18.6 Å². The number of aromatic hydroxyl groups is 2. The number of hydrogen-bond donors (Lipinski definition) is 4. The lowest BCUT2D eigenvalue weighted by atomic mass is 9.86. The summed E-state index contributed by atoms with van der Waals surface area (Å²) in [5.41, 5.74) is 5.59.